The molecule has 0 saturated carbocycles. The average Bonchev–Trinajstić information content (AvgIpc) is 2.78. The second-order valence-corrected chi connectivity index (χ2v) is 4.36. The molecule has 1 aromatic carbocycles. The highest BCUT2D eigenvalue weighted by Gasteiger charge is 2.35. The van der Waals surface area contributed by atoms with E-state index in [1.165, 1.54) is 4.90 Å². The van der Waals surface area contributed by atoms with Gasteiger partial charge in [0.1, 0.15) is 12.8 Å². The van der Waals surface area contributed by atoms with Gasteiger partial charge in [-0.25, -0.2) is 9.18 Å². The summed E-state index contributed by atoms with van der Waals surface area (Å²) < 4.78 is 18.3. The predicted octanol–water partition coefficient (Wildman–Crippen LogP) is 1.73. The highest BCUT2D eigenvalue weighted by atomic mass is 19.1. The maximum absolute atomic E-state index is 13.2. The van der Waals surface area contributed by atoms with E-state index in [0.717, 1.165) is 5.56 Å². The number of rotatable bonds is 3. The fourth-order valence-electron chi connectivity index (χ4n) is 2.06. The first-order valence-electron chi connectivity index (χ1n) is 5.93. The van der Waals surface area contributed by atoms with Crippen molar-refractivity contribution in [2.45, 2.75) is 25.2 Å². The molecule has 0 radical (unpaired) electrons. The van der Waals surface area contributed by atoms with Crippen LogP contribution in [0.2, 0.25) is 0 Å². The van der Waals surface area contributed by atoms with Crippen molar-refractivity contribution in [3.63, 3.8) is 0 Å². The Morgan fingerprint density at radius 3 is 2.83 bits per heavy atom. The van der Waals surface area contributed by atoms with E-state index in [2.05, 4.69) is 0 Å². The van der Waals surface area contributed by atoms with Gasteiger partial charge in [-0.1, -0.05) is 30.3 Å². The van der Waals surface area contributed by atoms with E-state index in [1.54, 1.807) is 0 Å². The van der Waals surface area contributed by atoms with Crippen LogP contribution >= 0.6 is 0 Å². The van der Waals surface area contributed by atoms with Crippen molar-refractivity contribution < 1.29 is 19.0 Å². The maximum atomic E-state index is 13.2. The smallest absolute Gasteiger partial charge is 0.410 e. The predicted molar refractivity (Wildman–Crippen MR) is 63.7 cm³/mol. The van der Waals surface area contributed by atoms with Crippen LogP contribution in [-0.4, -0.2) is 41.5 Å². The van der Waals surface area contributed by atoms with Crippen LogP contribution in [0.3, 0.4) is 0 Å². The lowest BCUT2D eigenvalue weighted by Crippen LogP contribution is -2.38. The van der Waals surface area contributed by atoms with E-state index in [0.29, 0.717) is 0 Å². The number of alkyl halides is 1. The number of amides is 1. The Balaban J connectivity index is 1.88. The molecule has 0 aliphatic carbocycles. The topological polar surface area (TPSA) is 49.8 Å². The molecule has 1 aliphatic heterocycles. The lowest BCUT2D eigenvalue weighted by molar-refractivity contribution is 0.0787. The Bertz CT molecular complexity index is 398. The molecule has 1 saturated heterocycles. The van der Waals surface area contributed by atoms with Crippen LogP contribution in [0.25, 0.3) is 0 Å². The quantitative estimate of drug-likeness (QED) is 0.892. The number of aliphatic hydroxyl groups excluding tert-OH is 1. The molecule has 1 heterocycles. The van der Waals surface area contributed by atoms with Gasteiger partial charge in [-0.05, 0) is 5.56 Å². The molecule has 0 unspecified atom stereocenters. The Kier molecular flexibility index (Phi) is 4.15. The summed E-state index contributed by atoms with van der Waals surface area (Å²) in [5, 5.41) is 9.07. The molecule has 0 aromatic heterocycles. The Morgan fingerprint density at radius 1 is 1.44 bits per heavy atom. The number of nitrogens with zero attached hydrogens (tertiary/aromatic N) is 1. The van der Waals surface area contributed by atoms with E-state index in [-0.39, 0.29) is 26.2 Å². The minimum atomic E-state index is -1.08. The van der Waals surface area contributed by atoms with Crippen molar-refractivity contribution in [3.05, 3.63) is 35.9 Å². The lowest BCUT2D eigenvalue weighted by Gasteiger charge is -2.21. The SMILES string of the molecule is O=C(OCc1ccccc1)N1C[C@@H](F)C[C@H]1CO. The van der Waals surface area contributed by atoms with Crippen molar-refractivity contribution in [1.82, 2.24) is 4.90 Å². The van der Waals surface area contributed by atoms with Gasteiger partial charge in [-0.2, -0.15) is 0 Å². The molecule has 1 aliphatic rings. The van der Waals surface area contributed by atoms with Gasteiger partial charge in [0.05, 0.1) is 19.2 Å². The van der Waals surface area contributed by atoms with E-state index in [4.69, 9.17) is 9.84 Å². The van der Waals surface area contributed by atoms with Crippen LogP contribution in [0.1, 0.15) is 12.0 Å². The number of hydrogen-bond acceptors (Lipinski definition) is 3. The third kappa shape index (κ3) is 2.98. The van der Waals surface area contributed by atoms with Crippen molar-refractivity contribution in [1.29, 1.82) is 0 Å². The summed E-state index contributed by atoms with van der Waals surface area (Å²) in [6.45, 7) is -0.0784. The number of halogens is 1. The van der Waals surface area contributed by atoms with Crippen molar-refractivity contribution in [2.24, 2.45) is 0 Å². The molecule has 0 bridgehead atoms. The Hall–Kier alpha value is -1.62. The number of benzene rings is 1. The van der Waals surface area contributed by atoms with Gasteiger partial charge in [-0.15, -0.1) is 0 Å². The Morgan fingerprint density at radius 2 is 2.17 bits per heavy atom. The summed E-state index contributed by atoms with van der Waals surface area (Å²) in [5.74, 6) is 0. The lowest BCUT2D eigenvalue weighted by atomic mass is 10.2. The molecule has 4 nitrogen and oxygen atoms in total. The largest absolute Gasteiger partial charge is 0.445 e. The molecular formula is C13H16FNO3. The van der Waals surface area contributed by atoms with Crippen molar-refractivity contribution >= 4 is 6.09 Å². The number of likely N-dealkylation sites (tertiary alicyclic amines) is 1. The van der Waals surface area contributed by atoms with Crippen LogP contribution in [0.5, 0.6) is 0 Å². The highest BCUT2D eigenvalue weighted by molar-refractivity contribution is 5.68. The third-order valence-electron chi connectivity index (χ3n) is 3.01. The molecule has 2 rings (SSSR count). The zero-order chi connectivity index (χ0) is 13.0. The van der Waals surface area contributed by atoms with E-state index in [9.17, 15) is 9.18 Å². The highest BCUT2D eigenvalue weighted by Crippen LogP contribution is 2.21. The number of ether oxygens (including phenoxy) is 1. The van der Waals surface area contributed by atoms with Gasteiger partial charge < -0.3 is 9.84 Å². The van der Waals surface area contributed by atoms with Crippen LogP contribution in [0.4, 0.5) is 9.18 Å². The van der Waals surface area contributed by atoms with Crippen molar-refractivity contribution in [3.8, 4) is 0 Å². The number of aliphatic hydroxyl groups is 1. The minimum Gasteiger partial charge on any atom is -0.445 e. The minimum absolute atomic E-state index is 0.00114. The third-order valence-corrected chi connectivity index (χ3v) is 3.01. The molecule has 5 heteroatoms. The summed E-state index contributed by atoms with van der Waals surface area (Å²) in [7, 11) is 0. The first-order valence-corrected chi connectivity index (χ1v) is 5.93. The number of hydrogen-bond donors (Lipinski definition) is 1. The normalized spacial score (nSPS) is 23.1. The van der Waals surface area contributed by atoms with Gasteiger partial charge in [0.25, 0.3) is 0 Å². The van der Waals surface area contributed by atoms with Crippen molar-refractivity contribution in [2.75, 3.05) is 13.2 Å². The van der Waals surface area contributed by atoms with Gasteiger partial charge >= 0.3 is 6.09 Å². The number of carbonyl (C=O) groups is 1. The van der Waals surface area contributed by atoms with E-state index in [1.807, 2.05) is 30.3 Å². The first kappa shape index (κ1) is 12.8. The van der Waals surface area contributed by atoms with Gasteiger partial charge in [0.2, 0.25) is 0 Å². The summed E-state index contributed by atoms with van der Waals surface area (Å²) in [5.41, 5.74) is 0.877. The molecule has 98 valence electrons. The van der Waals surface area contributed by atoms with Gasteiger partial charge in [-0.3, -0.25) is 4.90 Å². The molecule has 1 amide bonds. The zero-order valence-corrected chi connectivity index (χ0v) is 9.96. The number of carbonyl (C=O) groups excluding carboxylic acids is 1. The van der Waals surface area contributed by atoms with Crippen LogP contribution in [0.15, 0.2) is 30.3 Å². The first-order chi connectivity index (χ1) is 8.70. The molecule has 1 fully saturated rings. The summed E-state index contributed by atoms with van der Waals surface area (Å²) in [6.07, 6.45) is -1.47. The van der Waals surface area contributed by atoms with Gasteiger partial charge in [0, 0.05) is 6.42 Å². The van der Waals surface area contributed by atoms with E-state index >= 15 is 0 Å². The Labute approximate surface area is 105 Å². The second kappa shape index (κ2) is 5.82. The molecule has 1 aromatic rings. The molecule has 1 N–H and O–H groups in total. The molecule has 0 spiro atoms. The molecular weight excluding hydrogens is 237 g/mol. The van der Waals surface area contributed by atoms with Crippen LogP contribution in [-0.2, 0) is 11.3 Å². The van der Waals surface area contributed by atoms with Crippen LogP contribution < -0.4 is 0 Å². The maximum Gasteiger partial charge on any atom is 0.410 e. The fourth-order valence-corrected chi connectivity index (χ4v) is 2.06. The summed E-state index contributed by atoms with van der Waals surface area (Å²) in [4.78, 5) is 13.0. The monoisotopic (exact) mass is 253 g/mol. The summed E-state index contributed by atoms with van der Waals surface area (Å²) >= 11 is 0. The molecule has 18 heavy (non-hydrogen) atoms. The van der Waals surface area contributed by atoms with Gasteiger partial charge in [0.15, 0.2) is 0 Å². The zero-order valence-electron chi connectivity index (χ0n) is 9.96. The van der Waals surface area contributed by atoms with E-state index < -0.39 is 18.3 Å². The average molecular weight is 253 g/mol. The van der Waals surface area contributed by atoms with Crippen LogP contribution in [0, 0.1) is 0 Å². The second-order valence-electron chi connectivity index (χ2n) is 4.36. The summed E-state index contributed by atoms with van der Waals surface area (Å²) in [6, 6.07) is 8.81. The fraction of sp³-hybridized carbons (Fsp3) is 0.462. The standard InChI is InChI=1S/C13H16FNO3/c14-11-6-12(8-16)15(7-11)13(17)18-9-10-4-2-1-3-5-10/h1-5,11-12,16H,6-9H2/t11-,12-/m0/s1. The molecule has 2 atom stereocenters.